The van der Waals surface area contributed by atoms with E-state index in [1.165, 1.54) is 12.2 Å². The van der Waals surface area contributed by atoms with Gasteiger partial charge in [0.05, 0.1) is 26.4 Å². The van der Waals surface area contributed by atoms with Gasteiger partial charge in [-0.25, -0.2) is 14.4 Å². The molecule has 0 bridgehead atoms. The predicted molar refractivity (Wildman–Crippen MR) is 214 cm³/mol. The molecule has 0 saturated heterocycles. The minimum atomic E-state index is -0.520. The molecule has 4 aromatic carbocycles. The van der Waals surface area contributed by atoms with E-state index >= 15 is 0 Å². The summed E-state index contributed by atoms with van der Waals surface area (Å²) in [6, 6.07) is 30.0. The molecule has 0 saturated carbocycles. The molecule has 4 rings (SSSR count). The maximum atomic E-state index is 13.4. The van der Waals surface area contributed by atoms with Crippen molar-refractivity contribution >= 4 is 17.9 Å². The lowest BCUT2D eigenvalue weighted by Gasteiger charge is -2.14. The molecule has 0 spiro atoms. The normalized spacial score (nSPS) is 10.5. The molecule has 0 aliphatic heterocycles. The largest absolute Gasteiger partial charge is 0.494 e. The molecule has 4 aromatic rings. The average molecular weight is 765 g/mol. The van der Waals surface area contributed by atoms with Crippen LogP contribution >= 0.6 is 0 Å². The van der Waals surface area contributed by atoms with Crippen LogP contribution in [0, 0.1) is 0 Å². The Bertz CT molecular complexity index is 1790. The third-order valence-corrected chi connectivity index (χ3v) is 8.47. The van der Waals surface area contributed by atoms with Gasteiger partial charge in [-0.15, -0.1) is 0 Å². The fraction of sp³-hybridized carbons (Fsp3) is 0.326. The number of esters is 3. The second kappa shape index (κ2) is 25.1. The van der Waals surface area contributed by atoms with Crippen LogP contribution in [0.3, 0.4) is 0 Å². The van der Waals surface area contributed by atoms with Crippen LogP contribution in [0.2, 0.25) is 0 Å². The predicted octanol–water partition coefficient (Wildman–Crippen LogP) is 9.54. The molecule has 0 N–H and O–H groups in total. The van der Waals surface area contributed by atoms with Gasteiger partial charge in [0.15, 0.2) is 0 Å². The van der Waals surface area contributed by atoms with Gasteiger partial charge in [0.25, 0.3) is 0 Å². The zero-order valence-electron chi connectivity index (χ0n) is 32.0. The number of carbonyl (C=O) groups excluding carboxylic acids is 3. The highest BCUT2D eigenvalue weighted by Gasteiger charge is 2.17. The number of hydrogen-bond acceptors (Lipinski definition) is 10. The van der Waals surface area contributed by atoms with E-state index in [0.717, 1.165) is 79.6 Å². The number of hydrogen-bond donors (Lipinski definition) is 0. The van der Waals surface area contributed by atoms with Crippen LogP contribution in [0.5, 0.6) is 23.0 Å². The Labute approximate surface area is 330 Å². The average Bonchev–Trinajstić information content (AvgIpc) is 3.24. The smallest absolute Gasteiger partial charge is 0.342 e. The van der Waals surface area contributed by atoms with Crippen molar-refractivity contribution in [2.24, 2.45) is 0 Å². The zero-order chi connectivity index (χ0) is 39.6. The van der Waals surface area contributed by atoms with E-state index in [2.05, 4.69) is 13.2 Å². The van der Waals surface area contributed by atoms with Crippen LogP contribution < -0.4 is 18.9 Å². The van der Waals surface area contributed by atoms with Crippen molar-refractivity contribution < 1.29 is 47.5 Å². The van der Waals surface area contributed by atoms with Crippen molar-refractivity contribution in [2.45, 2.75) is 71.2 Å². The van der Waals surface area contributed by atoms with E-state index in [1.807, 2.05) is 78.9 Å². The van der Waals surface area contributed by atoms with Gasteiger partial charge in [0.1, 0.15) is 48.4 Å². The molecule has 296 valence electrons. The van der Waals surface area contributed by atoms with Gasteiger partial charge >= 0.3 is 17.9 Å². The first-order valence-corrected chi connectivity index (χ1v) is 19.1. The first-order chi connectivity index (χ1) is 27.4. The molecule has 0 amide bonds. The van der Waals surface area contributed by atoms with Gasteiger partial charge in [-0.1, -0.05) is 67.8 Å². The molecular weight excluding hydrogens is 712 g/mol. The van der Waals surface area contributed by atoms with E-state index in [0.29, 0.717) is 37.9 Å². The minimum absolute atomic E-state index is 0.123. The Balaban J connectivity index is 1.25. The minimum Gasteiger partial charge on any atom is -0.494 e. The molecule has 0 aliphatic carbocycles. The molecule has 0 radical (unpaired) electrons. The Morgan fingerprint density at radius 1 is 0.446 bits per heavy atom. The maximum Gasteiger partial charge on any atom is 0.342 e. The van der Waals surface area contributed by atoms with Gasteiger partial charge in [0, 0.05) is 12.2 Å². The SMILES string of the molecule is C=CC(=O)OCCCCCCOc1ccc(COc2ccc(OCc3ccc(OCCCCCCOC(=O)C=C)cc3)c(C(=O)OCc3ccccc3)c2)cc1. The summed E-state index contributed by atoms with van der Waals surface area (Å²) in [4.78, 5) is 35.5. The van der Waals surface area contributed by atoms with Crippen LogP contribution in [-0.2, 0) is 43.6 Å². The summed E-state index contributed by atoms with van der Waals surface area (Å²) in [5.74, 6) is 1.12. The monoisotopic (exact) mass is 764 g/mol. The Hall–Kier alpha value is -6.03. The molecule has 0 fully saturated rings. The summed E-state index contributed by atoms with van der Waals surface area (Å²) in [5, 5.41) is 0. The first-order valence-electron chi connectivity index (χ1n) is 19.1. The van der Waals surface area contributed by atoms with Crippen LogP contribution in [0.15, 0.2) is 122 Å². The number of unbranched alkanes of at least 4 members (excludes halogenated alkanes) is 6. The molecular formula is C46H52O10. The van der Waals surface area contributed by atoms with Gasteiger partial charge in [-0.3, -0.25) is 0 Å². The van der Waals surface area contributed by atoms with Crippen molar-refractivity contribution in [3.8, 4) is 23.0 Å². The Morgan fingerprint density at radius 3 is 1.43 bits per heavy atom. The van der Waals surface area contributed by atoms with Crippen LogP contribution in [0.4, 0.5) is 0 Å². The zero-order valence-corrected chi connectivity index (χ0v) is 32.0. The third-order valence-electron chi connectivity index (χ3n) is 8.47. The van der Waals surface area contributed by atoms with Crippen LogP contribution in [0.25, 0.3) is 0 Å². The molecule has 0 heterocycles. The molecule has 0 unspecified atom stereocenters. The molecule has 10 heteroatoms. The fourth-order valence-corrected chi connectivity index (χ4v) is 5.34. The summed E-state index contributed by atoms with van der Waals surface area (Å²) >= 11 is 0. The topological polar surface area (TPSA) is 116 Å². The van der Waals surface area contributed by atoms with E-state index in [4.69, 9.17) is 33.2 Å². The number of benzene rings is 4. The van der Waals surface area contributed by atoms with Crippen molar-refractivity contribution in [2.75, 3.05) is 26.4 Å². The van der Waals surface area contributed by atoms with Gasteiger partial charge in [-0.2, -0.15) is 0 Å². The van der Waals surface area contributed by atoms with Crippen molar-refractivity contribution in [3.63, 3.8) is 0 Å². The number of ether oxygens (including phenoxy) is 7. The fourth-order valence-electron chi connectivity index (χ4n) is 5.34. The van der Waals surface area contributed by atoms with Gasteiger partial charge < -0.3 is 33.2 Å². The second-order valence-corrected chi connectivity index (χ2v) is 12.9. The summed E-state index contributed by atoms with van der Waals surface area (Å²) in [7, 11) is 0. The lowest BCUT2D eigenvalue weighted by molar-refractivity contribution is -0.138. The highest BCUT2D eigenvalue weighted by atomic mass is 16.5. The standard InChI is InChI=1S/C46H52O10/c1-3-44(47)52-30-14-7-5-12-28-50-39-22-18-37(19-23-39)33-54-41-26-27-43(42(32-41)46(49)56-35-36-16-10-9-11-17-36)55-34-38-20-24-40(25-21-38)51-29-13-6-8-15-31-53-45(48)4-2/h3-4,9-11,16-27,32H,1-2,5-8,12-15,28-31,33-35H2. The molecule has 0 aromatic heterocycles. The van der Waals surface area contributed by atoms with E-state index in [-0.39, 0.29) is 31.4 Å². The van der Waals surface area contributed by atoms with E-state index in [9.17, 15) is 14.4 Å². The van der Waals surface area contributed by atoms with Crippen molar-refractivity contribution in [1.82, 2.24) is 0 Å². The van der Waals surface area contributed by atoms with Gasteiger partial charge in [0.2, 0.25) is 0 Å². The summed E-state index contributed by atoms with van der Waals surface area (Å²) in [5.41, 5.74) is 2.99. The lowest BCUT2D eigenvalue weighted by Crippen LogP contribution is -2.09. The number of carbonyl (C=O) groups is 3. The Kier molecular flexibility index (Phi) is 19.2. The van der Waals surface area contributed by atoms with E-state index in [1.54, 1.807) is 18.2 Å². The summed E-state index contributed by atoms with van der Waals surface area (Å²) in [6.45, 7) is 9.42. The van der Waals surface area contributed by atoms with Crippen molar-refractivity contribution in [1.29, 1.82) is 0 Å². The van der Waals surface area contributed by atoms with Gasteiger partial charge in [-0.05, 0) is 111 Å². The molecule has 56 heavy (non-hydrogen) atoms. The van der Waals surface area contributed by atoms with E-state index < -0.39 is 11.9 Å². The lowest BCUT2D eigenvalue weighted by atomic mass is 10.1. The quantitative estimate of drug-likeness (QED) is 0.0252. The van der Waals surface area contributed by atoms with Crippen molar-refractivity contribution in [3.05, 3.63) is 145 Å². The number of rotatable bonds is 27. The second-order valence-electron chi connectivity index (χ2n) is 12.9. The Morgan fingerprint density at radius 2 is 0.911 bits per heavy atom. The molecule has 0 aliphatic rings. The third kappa shape index (κ3) is 16.5. The summed E-state index contributed by atoms with van der Waals surface area (Å²) in [6.07, 6.45) is 9.63. The maximum absolute atomic E-state index is 13.4. The van der Waals surface area contributed by atoms with Crippen LogP contribution in [0.1, 0.15) is 78.4 Å². The summed E-state index contributed by atoms with van der Waals surface area (Å²) < 4.78 is 39.6. The first kappa shape index (κ1) is 42.7. The van der Waals surface area contributed by atoms with Crippen LogP contribution in [-0.4, -0.2) is 44.3 Å². The highest BCUT2D eigenvalue weighted by molar-refractivity contribution is 5.93. The molecule has 0 atom stereocenters. The molecule has 10 nitrogen and oxygen atoms in total. The highest BCUT2D eigenvalue weighted by Crippen LogP contribution is 2.28.